The van der Waals surface area contributed by atoms with Gasteiger partial charge in [0, 0.05) is 33.7 Å². The number of nitrogens with one attached hydrogen (secondary N) is 1. The highest BCUT2D eigenvalue weighted by atomic mass is 32.2. The summed E-state index contributed by atoms with van der Waals surface area (Å²) in [7, 11) is 0. The second kappa shape index (κ2) is 6.75. The summed E-state index contributed by atoms with van der Waals surface area (Å²) in [4.78, 5) is 16.6. The summed E-state index contributed by atoms with van der Waals surface area (Å²) in [6.45, 7) is 0. The van der Waals surface area contributed by atoms with Gasteiger partial charge in [-0.15, -0.1) is 11.8 Å². The lowest BCUT2D eigenvalue weighted by atomic mass is 10.1. The number of aromatic nitrogens is 1. The molecular formula is C17H12F2N2OS. The average molecular weight is 330 g/mol. The van der Waals surface area contributed by atoms with E-state index in [1.165, 1.54) is 6.07 Å². The van der Waals surface area contributed by atoms with E-state index in [1.54, 1.807) is 12.4 Å². The van der Waals surface area contributed by atoms with Crippen molar-refractivity contribution in [3.63, 3.8) is 0 Å². The fourth-order valence-electron chi connectivity index (χ4n) is 2.13. The predicted octanol–water partition coefficient (Wildman–Crippen LogP) is 4.24. The molecule has 0 aliphatic rings. The third kappa shape index (κ3) is 3.65. The van der Waals surface area contributed by atoms with E-state index < -0.39 is 11.6 Å². The number of hydrogen-bond acceptors (Lipinski definition) is 3. The number of thioether (sulfide) groups is 1. The first kappa shape index (κ1) is 15.4. The topological polar surface area (TPSA) is 42.0 Å². The maximum Gasteiger partial charge on any atom is 0.234 e. The molecule has 0 unspecified atom stereocenters. The number of halogens is 2. The molecule has 0 atom stereocenters. The molecule has 1 N–H and O–H groups in total. The number of amides is 1. The van der Waals surface area contributed by atoms with Crippen molar-refractivity contribution in [2.24, 2.45) is 0 Å². The monoisotopic (exact) mass is 330 g/mol. The second-order valence-corrected chi connectivity index (χ2v) is 5.86. The Morgan fingerprint density at radius 2 is 2.00 bits per heavy atom. The minimum atomic E-state index is -0.919. The summed E-state index contributed by atoms with van der Waals surface area (Å²) in [6, 6.07) is 11.0. The fourth-order valence-corrected chi connectivity index (χ4v) is 2.85. The molecule has 1 aromatic heterocycles. The summed E-state index contributed by atoms with van der Waals surface area (Å²) in [5, 5.41) is 4.65. The summed E-state index contributed by atoms with van der Waals surface area (Å²) >= 11 is 1.14. The van der Waals surface area contributed by atoms with Crippen molar-refractivity contribution in [2.45, 2.75) is 4.90 Å². The van der Waals surface area contributed by atoms with Crippen LogP contribution in [0.2, 0.25) is 0 Å². The van der Waals surface area contributed by atoms with Crippen LogP contribution >= 0.6 is 11.8 Å². The molecule has 0 saturated heterocycles. The molecule has 23 heavy (non-hydrogen) atoms. The molecule has 3 rings (SSSR count). The zero-order valence-electron chi connectivity index (χ0n) is 11.9. The van der Waals surface area contributed by atoms with Crippen molar-refractivity contribution >= 4 is 34.1 Å². The van der Waals surface area contributed by atoms with Gasteiger partial charge in [0.1, 0.15) is 0 Å². The van der Waals surface area contributed by atoms with Gasteiger partial charge >= 0.3 is 0 Å². The van der Waals surface area contributed by atoms with Crippen LogP contribution in [0.15, 0.2) is 59.8 Å². The Morgan fingerprint density at radius 3 is 2.83 bits per heavy atom. The number of nitrogens with zero attached hydrogens (tertiary/aromatic N) is 1. The van der Waals surface area contributed by atoms with Crippen LogP contribution in [0.3, 0.4) is 0 Å². The molecule has 3 nitrogen and oxygen atoms in total. The summed E-state index contributed by atoms with van der Waals surface area (Å²) in [6.07, 6.45) is 3.38. The van der Waals surface area contributed by atoms with Gasteiger partial charge in [0.05, 0.1) is 5.75 Å². The molecule has 3 aromatic rings. The number of carbonyl (C=O) groups is 1. The van der Waals surface area contributed by atoms with Crippen molar-refractivity contribution < 1.29 is 13.6 Å². The van der Waals surface area contributed by atoms with Gasteiger partial charge in [-0.3, -0.25) is 9.78 Å². The van der Waals surface area contributed by atoms with Crippen LogP contribution in [0.1, 0.15) is 0 Å². The molecule has 1 heterocycles. The van der Waals surface area contributed by atoms with Crippen LogP contribution in [0, 0.1) is 11.6 Å². The smallest absolute Gasteiger partial charge is 0.234 e. The SMILES string of the molecule is O=C(CSc1ccc(F)c(F)c1)Nc1cccc2cnccc12. The van der Waals surface area contributed by atoms with E-state index in [1.807, 2.05) is 24.3 Å². The van der Waals surface area contributed by atoms with E-state index in [2.05, 4.69) is 10.3 Å². The van der Waals surface area contributed by atoms with Crippen molar-refractivity contribution in [1.29, 1.82) is 0 Å². The lowest BCUT2D eigenvalue weighted by Crippen LogP contribution is -2.14. The zero-order chi connectivity index (χ0) is 16.2. The average Bonchev–Trinajstić information content (AvgIpc) is 2.56. The van der Waals surface area contributed by atoms with E-state index in [9.17, 15) is 13.6 Å². The van der Waals surface area contributed by atoms with Gasteiger partial charge in [-0.1, -0.05) is 12.1 Å². The third-order valence-electron chi connectivity index (χ3n) is 3.22. The molecule has 0 fully saturated rings. The largest absolute Gasteiger partial charge is 0.325 e. The number of carbonyl (C=O) groups excluding carboxylic acids is 1. The summed E-state index contributed by atoms with van der Waals surface area (Å²) in [5.41, 5.74) is 0.695. The van der Waals surface area contributed by atoms with E-state index >= 15 is 0 Å². The minimum Gasteiger partial charge on any atom is -0.325 e. The normalized spacial score (nSPS) is 10.7. The van der Waals surface area contributed by atoms with Crippen molar-refractivity contribution in [3.8, 4) is 0 Å². The minimum absolute atomic E-state index is 0.104. The summed E-state index contributed by atoms with van der Waals surface area (Å²) in [5.74, 6) is -1.93. The van der Waals surface area contributed by atoms with Crippen LogP contribution in [0.5, 0.6) is 0 Å². The van der Waals surface area contributed by atoms with Gasteiger partial charge < -0.3 is 5.32 Å². The molecular weight excluding hydrogens is 318 g/mol. The molecule has 6 heteroatoms. The van der Waals surface area contributed by atoms with Crippen LogP contribution in [-0.4, -0.2) is 16.6 Å². The lowest BCUT2D eigenvalue weighted by Gasteiger charge is -2.08. The van der Waals surface area contributed by atoms with Crippen LogP contribution in [-0.2, 0) is 4.79 Å². The number of benzene rings is 2. The summed E-state index contributed by atoms with van der Waals surface area (Å²) < 4.78 is 26.0. The van der Waals surface area contributed by atoms with Gasteiger partial charge in [-0.2, -0.15) is 0 Å². The van der Waals surface area contributed by atoms with E-state index in [4.69, 9.17) is 0 Å². The second-order valence-electron chi connectivity index (χ2n) is 4.82. The Bertz CT molecular complexity index is 865. The van der Waals surface area contributed by atoms with Crippen molar-refractivity contribution in [3.05, 3.63) is 66.5 Å². The highest BCUT2D eigenvalue weighted by molar-refractivity contribution is 8.00. The number of hydrogen-bond donors (Lipinski definition) is 1. The van der Waals surface area contributed by atoms with Gasteiger partial charge in [0.25, 0.3) is 0 Å². The Morgan fingerprint density at radius 1 is 1.13 bits per heavy atom. The highest BCUT2D eigenvalue weighted by Gasteiger charge is 2.08. The maximum absolute atomic E-state index is 13.1. The Balaban J connectivity index is 1.68. The first-order chi connectivity index (χ1) is 11.1. The van der Waals surface area contributed by atoms with E-state index in [0.717, 1.165) is 34.7 Å². The van der Waals surface area contributed by atoms with Gasteiger partial charge in [0.15, 0.2) is 11.6 Å². The Kier molecular flexibility index (Phi) is 4.52. The van der Waals surface area contributed by atoms with Crippen LogP contribution in [0.4, 0.5) is 14.5 Å². The molecule has 116 valence electrons. The molecule has 0 aliphatic carbocycles. The third-order valence-corrected chi connectivity index (χ3v) is 4.21. The fraction of sp³-hybridized carbons (Fsp3) is 0.0588. The van der Waals surface area contributed by atoms with Crippen molar-refractivity contribution in [1.82, 2.24) is 4.98 Å². The molecule has 0 bridgehead atoms. The molecule has 0 spiro atoms. The zero-order valence-corrected chi connectivity index (χ0v) is 12.7. The molecule has 2 aromatic carbocycles. The number of fused-ring (bicyclic) bond motifs is 1. The van der Waals surface area contributed by atoms with Crippen LogP contribution < -0.4 is 5.32 Å². The lowest BCUT2D eigenvalue weighted by molar-refractivity contribution is -0.113. The molecule has 0 radical (unpaired) electrons. The number of rotatable bonds is 4. The number of anilines is 1. The molecule has 1 amide bonds. The van der Waals surface area contributed by atoms with Crippen molar-refractivity contribution in [2.75, 3.05) is 11.1 Å². The Hall–Kier alpha value is -2.47. The van der Waals surface area contributed by atoms with E-state index in [-0.39, 0.29) is 11.7 Å². The molecule has 0 saturated carbocycles. The van der Waals surface area contributed by atoms with E-state index in [0.29, 0.717) is 10.6 Å². The molecule has 0 aliphatic heterocycles. The maximum atomic E-state index is 13.1. The van der Waals surface area contributed by atoms with Gasteiger partial charge in [-0.05, 0) is 30.3 Å². The first-order valence-corrected chi connectivity index (χ1v) is 7.82. The van der Waals surface area contributed by atoms with Gasteiger partial charge in [-0.25, -0.2) is 8.78 Å². The predicted molar refractivity (Wildman–Crippen MR) is 87.5 cm³/mol. The highest BCUT2D eigenvalue weighted by Crippen LogP contribution is 2.24. The quantitative estimate of drug-likeness (QED) is 0.727. The Labute approximate surface area is 135 Å². The van der Waals surface area contributed by atoms with Gasteiger partial charge in [0.2, 0.25) is 5.91 Å². The first-order valence-electron chi connectivity index (χ1n) is 6.84. The standard InChI is InChI=1S/C17H12F2N2OS/c18-14-5-4-12(8-15(14)19)23-10-17(22)21-16-3-1-2-11-9-20-7-6-13(11)16/h1-9H,10H2,(H,21,22). The van der Waals surface area contributed by atoms with Crippen LogP contribution in [0.25, 0.3) is 10.8 Å². The number of pyridine rings is 1.